The van der Waals surface area contributed by atoms with E-state index in [-0.39, 0.29) is 48.1 Å². The first-order valence-electron chi connectivity index (χ1n) is 29.2. The van der Waals surface area contributed by atoms with Crippen molar-refractivity contribution in [3.8, 4) is 22.5 Å². The van der Waals surface area contributed by atoms with Gasteiger partial charge in [-0.2, -0.15) is 0 Å². The SMILES string of the molecule is CO[C@@H](C)c1ncc(N2CCN(C3CC3)CC2)cc1-c1c2c3cc(ccc3n1CCO[C@H]1CCOC(C)(C)C1)-c1coc(n1)[C@@H](N1CCCC1)[C@H](NC(=O)[C@@H]1[C@@H](C)[C@H]1c1cocn1)C(=O)N1CCC[C@H](N1)C(=O)OCC(C)(C)C2. The summed E-state index contributed by atoms with van der Waals surface area (Å²) in [5.74, 6) is -1.31. The zero-order valence-corrected chi connectivity index (χ0v) is 47.2. The largest absolute Gasteiger partial charge is 0.464 e. The molecule has 19 nitrogen and oxygen atoms in total. The molecule has 4 aromatic heterocycles. The highest BCUT2D eigenvalue weighted by atomic mass is 16.5. The van der Waals surface area contributed by atoms with E-state index in [1.165, 1.54) is 24.2 Å². The van der Waals surface area contributed by atoms with Crippen molar-refractivity contribution in [3.05, 3.63) is 72.2 Å². The highest BCUT2D eigenvalue weighted by molar-refractivity contribution is 5.96. The molecule has 6 bridgehead atoms. The van der Waals surface area contributed by atoms with Gasteiger partial charge in [0.1, 0.15) is 36.3 Å². The lowest BCUT2D eigenvalue weighted by Gasteiger charge is -2.38. The Kier molecular flexibility index (Phi) is 15.0. The van der Waals surface area contributed by atoms with Crippen molar-refractivity contribution in [1.29, 1.82) is 0 Å². The Bertz CT molecular complexity index is 3010. The lowest BCUT2D eigenvalue weighted by Crippen LogP contribution is -2.62. The number of cyclic esters (lactones) is 1. The van der Waals surface area contributed by atoms with E-state index in [2.05, 4.69) is 93.9 Å². The number of hydrogen-bond donors (Lipinski definition) is 2. The van der Waals surface area contributed by atoms with Gasteiger partial charge in [0.25, 0.3) is 5.91 Å². The summed E-state index contributed by atoms with van der Waals surface area (Å²) in [6.45, 7) is 20.0. The van der Waals surface area contributed by atoms with Crippen LogP contribution in [0, 0.1) is 17.3 Å². The topological polar surface area (TPSA) is 195 Å². The third-order valence-corrected chi connectivity index (χ3v) is 18.1. The van der Waals surface area contributed by atoms with Gasteiger partial charge in [-0.1, -0.05) is 26.8 Å². The van der Waals surface area contributed by atoms with E-state index in [9.17, 15) is 9.59 Å². The van der Waals surface area contributed by atoms with Crippen LogP contribution in [0.3, 0.4) is 0 Å². The molecule has 424 valence electrons. The normalized spacial score (nSPS) is 28.2. The number of hydrazine groups is 1. The number of anilines is 1. The quantitative estimate of drug-likeness (QED) is 0.109. The smallest absolute Gasteiger partial charge is 0.324 e. The highest BCUT2D eigenvalue weighted by Gasteiger charge is 2.55. The molecule has 2 N–H and O–H groups in total. The first-order chi connectivity index (χ1) is 38.1. The van der Waals surface area contributed by atoms with Gasteiger partial charge in [0.15, 0.2) is 6.39 Å². The van der Waals surface area contributed by atoms with Crippen molar-refractivity contribution in [1.82, 2.24) is 45.1 Å². The summed E-state index contributed by atoms with van der Waals surface area (Å²) in [6.07, 6.45) is 14.0. The number of hydrogen-bond acceptors (Lipinski definition) is 16. The molecule has 2 aliphatic carbocycles. The summed E-state index contributed by atoms with van der Waals surface area (Å²) in [5.41, 5.74) is 10.6. The van der Waals surface area contributed by atoms with Crippen molar-refractivity contribution in [2.75, 3.05) is 77.6 Å². The van der Waals surface area contributed by atoms with Gasteiger partial charge in [-0.05, 0) is 115 Å². The molecule has 19 heteroatoms. The average Bonchev–Trinajstić information content (AvgIpc) is 4.12. The summed E-state index contributed by atoms with van der Waals surface area (Å²) >= 11 is 0. The van der Waals surface area contributed by atoms with Crippen LogP contribution in [0.15, 0.2) is 58.2 Å². The number of aromatic nitrogens is 4. The number of esters is 1. The number of methoxy groups -OCH3 is 1. The maximum Gasteiger partial charge on any atom is 0.324 e. The molecule has 5 aliphatic heterocycles. The van der Waals surface area contributed by atoms with Gasteiger partial charge in [-0.3, -0.25) is 34.2 Å². The van der Waals surface area contributed by atoms with Crippen LogP contribution >= 0.6 is 0 Å². The van der Waals surface area contributed by atoms with Gasteiger partial charge < -0.3 is 42.6 Å². The third-order valence-electron chi connectivity index (χ3n) is 18.1. The summed E-state index contributed by atoms with van der Waals surface area (Å²) in [6, 6.07) is 6.86. The van der Waals surface area contributed by atoms with Crippen molar-refractivity contribution in [2.45, 2.75) is 154 Å². The first-order valence-corrected chi connectivity index (χ1v) is 29.2. The van der Waals surface area contributed by atoms with Gasteiger partial charge >= 0.3 is 5.97 Å². The van der Waals surface area contributed by atoms with Gasteiger partial charge in [0, 0.05) is 105 Å². The van der Waals surface area contributed by atoms with Crippen LogP contribution in [0.1, 0.15) is 134 Å². The predicted molar refractivity (Wildman–Crippen MR) is 296 cm³/mol. The van der Waals surface area contributed by atoms with Crippen LogP contribution in [0.4, 0.5) is 5.69 Å². The molecule has 2 saturated carbocycles. The minimum Gasteiger partial charge on any atom is -0.464 e. The number of amides is 2. The van der Waals surface area contributed by atoms with Crippen LogP contribution in [0.5, 0.6) is 0 Å². The zero-order valence-electron chi connectivity index (χ0n) is 47.2. The number of nitrogens with one attached hydrogen (secondary N) is 2. The number of benzene rings is 1. The molecule has 9 heterocycles. The van der Waals surface area contributed by atoms with E-state index in [1.54, 1.807) is 19.6 Å². The molecule has 1 aromatic carbocycles. The van der Waals surface area contributed by atoms with Crippen molar-refractivity contribution in [3.63, 3.8) is 0 Å². The Balaban J connectivity index is 0.991. The lowest BCUT2D eigenvalue weighted by atomic mass is 9.84. The maximum absolute atomic E-state index is 15.3. The molecule has 0 radical (unpaired) electrons. The summed E-state index contributed by atoms with van der Waals surface area (Å²) < 4.78 is 39.7. The first kappa shape index (κ1) is 53.9. The minimum absolute atomic E-state index is 0.0143. The number of pyridine rings is 1. The van der Waals surface area contributed by atoms with Crippen LogP contribution in [-0.4, -0.2) is 155 Å². The van der Waals surface area contributed by atoms with Crippen LogP contribution in [0.2, 0.25) is 0 Å². The molecule has 4 saturated heterocycles. The number of piperazine rings is 1. The molecule has 7 aliphatic rings. The molecule has 79 heavy (non-hydrogen) atoms. The van der Waals surface area contributed by atoms with E-state index in [0.717, 1.165) is 96.5 Å². The molecule has 6 fully saturated rings. The number of ether oxygens (including phenoxy) is 4. The molecule has 0 spiro atoms. The van der Waals surface area contributed by atoms with Crippen LogP contribution in [0.25, 0.3) is 33.4 Å². The summed E-state index contributed by atoms with van der Waals surface area (Å²) in [5, 5.41) is 5.76. The second kappa shape index (κ2) is 22.0. The number of nitrogens with zero attached hydrogens (tertiary/aromatic N) is 8. The zero-order chi connectivity index (χ0) is 54.7. The molecular weight excluding hydrogens is 1000 g/mol. The highest BCUT2D eigenvalue weighted by Crippen LogP contribution is 2.53. The van der Waals surface area contributed by atoms with Gasteiger partial charge in [-0.25, -0.2) is 15.4 Å². The minimum atomic E-state index is -1.11. The fraction of sp³-hybridized carbons (Fsp3) is 0.633. The number of fused-ring (bicyclic) bond motifs is 6. The Morgan fingerprint density at radius 2 is 1.76 bits per heavy atom. The number of oxazole rings is 2. The monoisotopic (exact) mass is 1080 g/mol. The molecular formula is C60H80N10O9. The van der Waals surface area contributed by atoms with E-state index in [4.69, 9.17) is 37.7 Å². The molecule has 0 unspecified atom stereocenters. The summed E-state index contributed by atoms with van der Waals surface area (Å²) in [7, 11) is 1.74. The fourth-order valence-electron chi connectivity index (χ4n) is 13.5. The summed E-state index contributed by atoms with van der Waals surface area (Å²) in [4.78, 5) is 66.5. The maximum atomic E-state index is 15.3. The third kappa shape index (κ3) is 11.1. The van der Waals surface area contributed by atoms with E-state index >= 15 is 4.79 Å². The lowest BCUT2D eigenvalue weighted by molar-refractivity contribution is -0.156. The fourth-order valence-corrected chi connectivity index (χ4v) is 13.5. The molecule has 2 amide bonds. The van der Waals surface area contributed by atoms with E-state index in [1.807, 2.05) is 13.1 Å². The molecule has 12 rings (SSSR count). The van der Waals surface area contributed by atoms with Crippen LogP contribution in [-0.2, 0) is 46.3 Å². The Hall–Kier alpha value is -5.70. The number of rotatable bonds is 13. The molecule has 5 aromatic rings. The van der Waals surface area contributed by atoms with Crippen LogP contribution < -0.4 is 15.6 Å². The van der Waals surface area contributed by atoms with Gasteiger partial charge in [-0.15, -0.1) is 0 Å². The Morgan fingerprint density at radius 1 is 0.949 bits per heavy atom. The van der Waals surface area contributed by atoms with Crippen molar-refractivity contribution in [2.24, 2.45) is 17.3 Å². The second-order valence-corrected chi connectivity index (χ2v) is 24.9. The second-order valence-electron chi connectivity index (χ2n) is 24.9. The van der Waals surface area contributed by atoms with Gasteiger partial charge in [0.2, 0.25) is 11.8 Å². The molecule has 8 atom stereocenters. The average molecular weight is 1090 g/mol. The van der Waals surface area contributed by atoms with E-state index in [0.29, 0.717) is 82.0 Å². The Morgan fingerprint density at radius 3 is 2.51 bits per heavy atom. The van der Waals surface area contributed by atoms with Gasteiger partial charge in [0.05, 0.1) is 60.0 Å². The number of likely N-dealkylation sites (tertiary alicyclic amines) is 1. The predicted octanol–water partition coefficient (Wildman–Crippen LogP) is 7.60. The van der Waals surface area contributed by atoms with Crippen molar-refractivity contribution < 1.29 is 42.2 Å². The van der Waals surface area contributed by atoms with E-state index < -0.39 is 35.4 Å². The number of carbonyl (C=O) groups is 3. The standard InChI is InChI=1S/C60H80N10O9/c1-36-49(47-32-75-35-62-47)50(36)55(71)64-52-54(68-17-8-9-18-68)56-63-46(33-77-56)38-12-15-48-42(27-38)44(30-59(3,4)34-78-58(73)45-11-10-19-70(65-45)57(52)72)53(69(48)24-26-76-41-16-25-79-60(5,6)29-41)43-28-40(31-61-51(43)37(2)74-7)67-22-20-66(21-23-67)39-13-14-39/h12,15,27-28,31-33,35-37,39,41,45,49-50,52,54,65H,8-11,13-14,16-26,29-30,34H2,1-7H3,(H,64,71)/t36-,37-,41-,45-,49-,50+,52-,54-/m0/s1. The Labute approximate surface area is 463 Å². The number of carbonyl (C=O) groups excluding carboxylic acids is 3. The van der Waals surface area contributed by atoms with Crippen molar-refractivity contribution >= 4 is 34.4 Å².